The van der Waals surface area contributed by atoms with E-state index in [9.17, 15) is 36.8 Å². The molecule has 1 saturated carbocycles. The number of carbonyl (C=O) groups is 5. The van der Waals surface area contributed by atoms with Gasteiger partial charge in [-0.3, -0.25) is 19.3 Å². The van der Waals surface area contributed by atoms with Gasteiger partial charge in [-0.15, -0.1) is 6.58 Å². The monoisotopic (exact) mass is 879 g/mol. The lowest BCUT2D eigenvalue weighted by atomic mass is 10.0. The van der Waals surface area contributed by atoms with Crippen molar-refractivity contribution < 1.29 is 46.3 Å². The predicted octanol–water partition coefficient (Wildman–Crippen LogP) is 4.55. The molecule has 0 radical (unpaired) electrons. The Hall–Kier alpha value is -5.23. The van der Waals surface area contributed by atoms with Crippen LogP contribution in [0.3, 0.4) is 0 Å². The van der Waals surface area contributed by atoms with Gasteiger partial charge in [-0.2, -0.15) is 0 Å². The van der Waals surface area contributed by atoms with Crippen LogP contribution in [-0.4, -0.2) is 115 Å². The largest absolute Gasteiger partial charge is 0.446 e. The number of sulfonamides is 1. The van der Waals surface area contributed by atoms with Crippen molar-refractivity contribution in [3.8, 4) is 0 Å². The zero-order valence-corrected chi connectivity index (χ0v) is 36.2. The van der Waals surface area contributed by atoms with Gasteiger partial charge in [0.15, 0.2) is 0 Å². The molecule has 4 heterocycles. The maximum Gasteiger partial charge on any atom is 0.410 e. The van der Waals surface area contributed by atoms with Gasteiger partial charge in [-0.25, -0.2) is 27.1 Å². The van der Waals surface area contributed by atoms with Gasteiger partial charge in [-0.1, -0.05) is 56.0 Å². The number of fused-ring (bicyclic) bond motifs is 3. The van der Waals surface area contributed by atoms with Crippen molar-refractivity contribution in [1.82, 2.24) is 30.1 Å². The standard InChI is InChI=1S/C44H58FN7O9S/c1-4-30-24-44(30)41(55)49-62(58,59)38-17-10-9-15-35(38)46-20-11-7-5-6-8-16-36(47-42(56)60-31-18-21-50(22-19-31)28(2)3)40(54)52-26-32(23-37(52)39(53)48-44)61-43(57)51-25-29-13-12-14-34(45)33(29)27-51/h4,9-10,12-15,17,28,30-32,36-37,46H,1,5-8,11,16,18-27H2,2-3H3,(H,47,56)(H,48,53)(H,49,55)/t30-,32-,36+,37+,44-/m1/s1. The van der Waals surface area contributed by atoms with Gasteiger partial charge in [0.05, 0.1) is 18.8 Å². The van der Waals surface area contributed by atoms with E-state index in [2.05, 4.69) is 46.0 Å². The van der Waals surface area contributed by atoms with Gasteiger partial charge in [0.25, 0.3) is 15.9 Å². The Morgan fingerprint density at radius 1 is 0.952 bits per heavy atom. The molecular weight excluding hydrogens is 822 g/mol. The number of hydrogen-bond donors (Lipinski definition) is 4. The Balaban J connectivity index is 1.14. The number of halogens is 1. The van der Waals surface area contributed by atoms with Crippen LogP contribution in [0.5, 0.6) is 0 Å². The van der Waals surface area contributed by atoms with Gasteiger partial charge in [-0.05, 0) is 69.7 Å². The van der Waals surface area contributed by atoms with Crippen LogP contribution in [0.2, 0.25) is 0 Å². The van der Waals surface area contributed by atoms with Crippen molar-refractivity contribution in [2.75, 3.05) is 31.5 Å². The molecule has 0 bridgehead atoms. The van der Waals surface area contributed by atoms with Gasteiger partial charge >= 0.3 is 12.2 Å². The van der Waals surface area contributed by atoms with E-state index < -0.39 is 75.4 Å². The fraction of sp³-hybridized carbons (Fsp3) is 0.568. The smallest absolute Gasteiger partial charge is 0.410 e. The first-order chi connectivity index (χ1) is 29.7. The summed E-state index contributed by atoms with van der Waals surface area (Å²) in [7, 11) is -4.43. The molecule has 336 valence electrons. The number of benzene rings is 2. The second-order valence-corrected chi connectivity index (χ2v) is 19.0. The normalized spacial score (nSPS) is 27.5. The number of ether oxygens (including phenoxy) is 2. The molecular formula is C44H58FN7O9S. The SMILES string of the molecule is C=C[C@@H]1C[C@@]12NC(=O)[C@@H]1C[C@@H](OC(=O)N3Cc4cccc(F)c4C3)CN1C(=O)[C@@H](NC(=O)OC1CCN(C(C)C)CC1)CCCCCCCNc1ccccc1S(=O)(=O)NC2=O. The summed E-state index contributed by atoms with van der Waals surface area (Å²) in [5.74, 6) is -3.43. The summed E-state index contributed by atoms with van der Waals surface area (Å²) in [6.07, 6.45) is 3.58. The van der Waals surface area contributed by atoms with Crippen LogP contribution in [0, 0.1) is 11.7 Å². The Kier molecular flexibility index (Phi) is 13.8. The summed E-state index contributed by atoms with van der Waals surface area (Å²) in [5, 5.41) is 8.73. The molecule has 18 heteroatoms. The van der Waals surface area contributed by atoms with Crippen molar-refractivity contribution >= 4 is 45.6 Å². The lowest BCUT2D eigenvalue weighted by Gasteiger charge is -2.34. The van der Waals surface area contributed by atoms with E-state index in [0.29, 0.717) is 55.1 Å². The second kappa shape index (κ2) is 19.0. The fourth-order valence-electron chi connectivity index (χ4n) is 9.08. The van der Waals surface area contributed by atoms with Crippen LogP contribution >= 0.6 is 0 Å². The number of nitrogens with one attached hydrogen (secondary N) is 4. The molecule has 2 aromatic carbocycles. The van der Waals surface area contributed by atoms with Crippen LogP contribution in [0.1, 0.15) is 89.2 Å². The molecule has 1 spiro atoms. The molecule has 0 aromatic heterocycles. The van der Waals surface area contributed by atoms with Crippen LogP contribution in [-0.2, 0) is 47.0 Å². The highest BCUT2D eigenvalue weighted by Gasteiger charge is 2.61. The number of para-hydroxylation sites is 1. The molecule has 62 heavy (non-hydrogen) atoms. The molecule has 5 amide bonds. The number of anilines is 1. The fourth-order valence-corrected chi connectivity index (χ4v) is 10.3. The van der Waals surface area contributed by atoms with Crippen molar-refractivity contribution in [3.63, 3.8) is 0 Å². The third-order valence-electron chi connectivity index (χ3n) is 12.8. The van der Waals surface area contributed by atoms with Crippen molar-refractivity contribution in [3.05, 3.63) is 72.1 Å². The Bertz CT molecular complexity index is 2150. The number of hydrogen-bond acceptors (Lipinski definition) is 11. The molecule has 5 atom stereocenters. The topological polar surface area (TPSA) is 196 Å². The first-order valence-corrected chi connectivity index (χ1v) is 23.3. The van der Waals surface area contributed by atoms with Crippen LogP contribution < -0.4 is 20.7 Å². The first-order valence-electron chi connectivity index (χ1n) is 21.8. The summed E-state index contributed by atoms with van der Waals surface area (Å²) in [6.45, 7) is 9.89. The molecule has 1 aliphatic carbocycles. The van der Waals surface area contributed by atoms with Crippen LogP contribution in [0.15, 0.2) is 60.0 Å². The minimum Gasteiger partial charge on any atom is -0.446 e. The number of likely N-dealkylation sites (tertiary alicyclic amines) is 1. The van der Waals surface area contributed by atoms with Gasteiger partial charge in [0.2, 0.25) is 11.8 Å². The third kappa shape index (κ3) is 10.0. The zero-order valence-electron chi connectivity index (χ0n) is 35.4. The van der Waals surface area contributed by atoms with E-state index in [1.807, 2.05) is 0 Å². The highest BCUT2D eigenvalue weighted by atomic mass is 32.2. The maximum absolute atomic E-state index is 14.7. The molecule has 2 aromatic rings. The van der Waals surface area contributed by atoms with E-state index in [4.69, 9.17) is 9.47 Å². The minimum atomic E-state index is -4.43. The Morgan fingerprint density at radius 3 is 2.42 bits per heavy atom. The molecule has 2 saturated heterocycles. The number of nitrogens with zero attached hydrogens (tertiary/aromatic N) is 3. The Morgan fingerprint density at radius 2 is 1.69 bits per heavy atom. The summed E-state index contributed by atoms with van der Waals surface area (Å²) in [4.78, 5) is 75.0. The quantitative estimate of drug-likeness (QED) is 0.308. The third-order valence-corrected chi connectivity index (χ3v) is 14.2. The highest BCUT2D eigenvalue weighted by Crippen LogP contribution is 2.45. The molecule has 3 fully saturated rings. The van der Waals surface area contributed by atoms with E-state index in [0.717, 1.165) is 32.4 Å². The van der Waals surface area contributed by atoms with Gasteiger partial charge in [0.1, 0.15) is 40.5 Å². The number of piperidine rings is 1. The number of rotatable bonds is 5. The number of alkyl carbamates (subject to hydrolysis) is 1. The average molecular weight is 880 g/mol. The molecule has 0 unspecified atom stereocenters. The summed E-state index contributed by atoms with van der Waals surface area (Å²) >= 11 is 0. The molecule has 16 nitrogen and oxygen atoms in total. The average Bonchev–Trinajstić information content (AvgIpc) is 3.53. The number of carbonyl (C=O) groups excluding carboxylic acids is 5. The first kappa shape index (κ1) is 44.8. The highest BCUT2D eigenvalue weighted by molar-refractivity contribution is 7.90. The summed E-state index contributed by atoms with van der Waals surface area (Å²) in [5.41, 5.74) is -0.367. The van der Waals surface area contributed by atoms with Crippen molar-refractivity contribution in [2.24, 2.45) is 5.92 Å². The van der Waals surface area contributed by atoms with Gasteiger partial charge < -0.3 is 35.2 Å². The van der Waals surface area contributed by atoms with Crippen LogP contribution in [0.25, 0.3) is 0 Å². The zero-order chi connectivity index (χ0) is 44.2. The number of amides is 5. The van der Waals surface area contributed by atoms with Gasteiger partial charge in [0, 0.05) is 50.1 Å². The lowest BCUT2D eigenvalue weighted by molar-refractivity contribution is -0.141. The van der Waals surface area contributed by atoms with E-state index in [-0.39, 0.29) is 49.9 Å². The summed E-state index contributed by atoms with van der Waals surface area (Å²) < 4.78 is 56.0. The van der Waals surface area contributed by atoms with E-state index in [1.54, 1.807) is 30.3 Å². The van der Waals surface area contributed by atoms with Crippen molar-refractivity contribution in [2.45, 2.75) is 132 Å². The molecule has 4 N–H and O–H groups in total. The van der Waals surface area contributed by atoms with Crippen LogP contribution in [0.4, 0.5) is 19.7 Å². The minimum absolute atomic E-state index is 0.0191. The predicted molar refractivity (Wildman–Crippen MR) is 226 cm³/mol. The summed E-state index contributed by atoms with van der Waals surface area (Å²) in [6, 6.07) is 8.83. The second-order valence-electron chi connectivity index (χ2n) is 17.3. The Labute approximate surface area is 362 Å². The van der Waals surface area contributed by atoms with Crippen molar-refractivity contribution in [1.29, 1.82) is 0 Å². The molecule has 7 rings (SSSR count). The molecule has 5 aliphatic rings. The molecule has 4 aliphatic heterocycles. The maximum atomic E-state index is 14.7. The van der Waals surface area contributed by atoms with E-state index >= 15 is 0 Å². The lowest BCUT2D eigenvalue weighted by Crippen LogP contribution is -2.58. The van der Waals surface area contributed by atoms with E-state index in [1.165, 1.54) is 28.0 Å².